The molecular weight excluding hydrogens is 268 g/mol. The van der Waals surface area contributed by atoms with Gasteiger partial charge in [-0.2, -0.15) is 0 Å². The van der Waals surface area contributed by atoms with E-state index in [1.54, 1.807) is 4.90 Å². The van der Waals surface area contributed by atoms with E-state index in [0.717, 1.165) is 42.9 Å². The molecule has 0 atom stereocenters. The zero-order chi connectivity index (χ0) is 15.1. The minimum atomic E-state index is -0.00808. The first kappa shape index (κ1) is 15.5. The molecule has 0 unspecified atom stereocenters. The van der Waals surface area contributed by atoms with Gasteiger partial charge in [0.25, 0.3) is 0 Å². The van der Waals surface area contributed by atoms with Gasteiger partial charge in [0.1, 0.15) is 0 Å². The second kappa shape index (κ2) is 7.76. The van der Waals surface area contributed by atoms with Crippen LogP contribution in [0.4, 0.5) is 4.79 Å². The Morgan fingerprint density at radius 3 is 2.81 bits per heavy atom. The third kappa shape index (κ3) is 4.28. The van der Waals surface area contributed by atoms with E-state index in [0.29, 0.717) is 13.1 Å². The third-order valence-electron chi connectivity index (χ3n) is 3.54. The van der Waals surface area contributed by atoms with Crippen molar-refractivity contribution in [1.82, 2.24) is 10.2 Å². The van der Waals surface area contributed by atoms with Crippen LogP contribution < -0.4 is 14.8 Å². The van der Waals surface area contributed by atoms with Crippen molar-refractivity contribution in [3.8, 4) is 11.5 Å². The Hall–Kier alpha value is -1.91. The maximum atomic E-state index is 12.1. The second-order valence-corrected chi connectivity index (χ2v) is 5.14. The molecule has 1 aromatic rings. The zero-order valence-corrected chi connectivity index (χ0v) is 12.9. The van der Waals surface area contributed by atoms with Gasteiger partial charge in [-0.15, -0.1) is 0 Å². The predicted molar refractivity (Wildman–Crippen MR) is 81.6 cm³/mol. The van der Waals surface area contributed by atoms with Gasteiger partial charge in [-0.25, -0.2) is 4.79 Å². The van der Waals surface area contributed by atoms with Crippen LogP contribution in [0, 0.1) is 0 Å². The monoisotopic (exact) mass is 292 g/mol. The molecule has 21 heavy (non-hydrogen) atoms. The van der Waals surface area contributed by atoms with Crippen molar-refractivity contribution in [2.75, 3.05) is 19.9 Å². The lowest BCUT2D eigenvalue weighted by Gasteiger charge is -2.21. The molecule has 0 aromatic heterocycles. The van der Waals surface area contributed by atoms with Gasteiger partial charge >= 0.3 is 6.03 Å². The number of ether oxygens (including phenoxy) is 2. The van der Waals surface area contributed by atoms with Crippen LogP contribution in [0.5, 0.6) is 11.5 Å². The van der Waals surface area contributed by atoms with Gasteiger partial charge in [0.15, 0.2) is 11.5 Å². The fraction of sp³-hybridized carbons (Fsp3) is 0.562. The molecule has 5 heteroatoms. The lowest BCUT2D eigenvalue weighted by atomic mass is 10.2. The number of hydrogen-bond donors (Lipinski definition) is 1. The first-order valence-corrected chi connectivity index (χ1v) is 7.66. The maximum Gasteiger partial charge on any atom is 0.317 e. The Bertz CT molecular complexity index is 477. The summed E-state index contributed by atoms with van der Waals surface area (Å²) >= 11 is 0. The van der Waals surface area contributed by atoms with Gasteiger partial charge in [-0.1, -0.05) is 25.8 Å². The molecule has 5 nitrogen and oxygen atoms in total. The Morgan fingerprint density at radius 1 is 1.24 bits per heavy atom. The van der Waals surface area contributed by atoms with Crippen LogP contribution in [0.1, 0.15) is 38.7 Å². The highest BCUT2D eigenvalue weighted by Crippen LogP contribution is 2.32. The first-order chi connectivity index (χ1) is 10.2. The summed E-state index contributed by atoms with van der Waals surface area (Å²) in [5.74, 6) is 1.53. The smallest absolute Gasteiger partial charge is 0.317 e. The molecule has 0 bridgehead atoms. The van der Waals surface area contributed by atoms with Crippen LogP contribution in [0.15, 0.2) is 18.2 Å². The van der Waals surface area contributed by atoms with Crippen LogP contribution in [-0.2, 0) is 6.54 Å². The molecular formula is C16H24N2O3. The fourth-order valence-corrected chi connectivity index (χ4v) is 2.27. The molecule has 1 aromatic carbocycles. The van der Waals surface area contributed by atoms with Crippen molar-refractivity contribution in [1.29, 1.82) is 0 Å². The van der Waals surface area contributed by atoms with Crippen molar-refractivity contribution in [3.05, 3.63) is 23.8 Å². The van der Waals surface area contributed by atoms with Crippen molar-refractivity contribution < 1.29 is 14.3 Å². The van der Waals surface area contributed by atoms with Crippen molar-refractivity contribution >= 4 is 6.03 Å². The zero-order valence-electron chi connectivity index (χ0n) is 12.9. The summed E-state index contributed by atoms with van der Waals surface area (Å²) in [6.45, 7) is 6.40. The van der Waals surface area contributed by atoms with Gasteiger partial charge in [0.05, 0.1) is 0 Å². The molecule has 116 valence electrons. The molecule has 2 rings (SSSR count). The summed E-state index contributed by atoms with van der Waals surface area (Å²) in [7, 11) is 0. The van der Waals surface area contributed by atoms with Crippen molar-refractivity contribution in [2.45, 2.75) is 39.7 Å². The number of benzene rings is 1. The Morgan fingerprint density at radius 2 is 2.05 bits per heavy atom. The number of fused-ring (bicyclic) bond motifs is 1. The summed E-state index contributed by atoms with van der Waals surface area (Å²) in [6, 6.07) is 5.80. The lowest BCUT2D eigenvalue weighted by molar-refractivity contribution is 0.173. The highest BCUT2D eigenvalue weighted by Gasteiger charge is 2.16. The van der Waals surface area contributed by atoms with Gasteiger partial charge in [0, 0.05) is 19.6 Å². The largest absolute Gasteiger partial charge is 0.454 e. The van der Waals surface area contributed by atoms with E-state index in [-0.39, 0.29) is 12.8 Å². The van der Waals surface area contributed by atoms with Crippen LogP contribution >= 0.6 is 0 Å². The van der Waals surface area contributed by atoms with E-state index in [1.165, 1.54) is 0 Å². The predicted octanol–water partition coefficient (Wildman–Crippen LogP) is 3.14. The normalized spacial score (nSPS) is 12.3. The highest BCUT2D eigenvalue weighted by molar-refractivity contribution is 5.74. The van der Waals surface area contributed by atoms with E-state index in [2.05, 4.69) is 12.2 Å². The number of unbranched alkanes of at least 4 members (excludes halogenated alkanes) is 2. The summed E-state index contributed by atoms with van der Waals surface area (Å²) in [6.07, 6.45) is 3.34. The van der Waals surface area contributed by atoms with Gasteiger partial charge in [0.2, 0.25) is 6.79 Å². The molecule has 1 aliphatic heterocycles. The van der Waals surface area contributed by atoms with Crippen LogP contribution in [0.25, 0.3) is 0 Å². The number of nitrogens with zero attached hydrogens (tertiary/aromatic N) is 1. The summed E-state index contributed by atoms with van der Waals surface area (Å²) in [5, 5.41) is 2.97. The number of amides is 2. The number of rotatable bonds is 7. The standard InChI is InChI=1S/C16H24N2O3/c1-3-5-6-9-17-16(19)18(4-2)11-13-7-8-14-15(10-13)21-12-20-14/h7-8,10H,3-6,9,11-12H2,1-2H3,(H,17,19). The van der Waals surface area contributed by atoms with E-state index in [9.17, 15) is 4.79 Å². The third-order valence-corrected chi connectivity index (χ3v) is 3.54. The number of nitrogens with one attached hydrogen (secondary N) is 1. The van der Waals surface area contributed by atoms with E-state index in [4.69, 9.17) is 9.47 Å². The molecule has 1 heterocycles. The lowest BCUT2D eigenvalue weighted by Crippen LogP contribution is -2.39. The fourth-order valence-electron chi connectivity index (χ4n) is 2.27. The highest BCUT2D eigenvalue weighted by atomic mass is 16.7. The number of urea groups is 1. The minimum absolute atomic E-state index is 0.00808. The number of carbonyl (C=O) groups excluding carboxylic acids is 1. The van der Waals surface area contributed by atoms with Crippen LogP contribution in [0.3, 0.4) is 0 Å². The Kier molecular flexibility index (Phi) is 5.72. The van der Waals surface area contributed by atoms with Gasteiger partial charge in [-0.3, -0.25) is 0 Å². The molecule has 1 N–H and O–H groups in total. The SMILES string of the molecule is CCCCCNC(=O)N(CC)Cc1ccc2c(c1)OCO2. The molecule has 0 fully saturated rings. The van der Waals surface area contributed by atoms with E-state index < -0.39 is 0 Å². The molecule has 1 aliphatic rings. The Balaban J connectivity index is 1.88. The van der Waals surface area contributed by atoms with E-state index in [1.807, 2.05) is 25.1 Å². The minimum Gasteiger partial charge on any atom is -0.454 e. The summed E-state index contributed by atoms with van der Waals surface area (Å²) < 4.78 is 10.7. The van der Waals surface area contributed by atoms with E-state index >= 15 is 0 Å². The summed E-state index contributed by atoms with van der Waals surface area (Å²) in [4.78, 5) is 13.9. The molecule has 0 aliphatic carbocycles. The first-order valence-electron chi connectivity index (χ1n) is 7.66. The number of hydrogen-bond acceptors (Lipinski definition) is 3. The topological polar surface area (TPSA) is 50.8 Å². The number of carbonyl (C=O) groups is 1. The van der Waals surface area contributed by atoms with Gasteiger partial charge in [-0.05, 0) is 31.0 Å². The van der Waals surface area contributed by atoms with Crippen LogP contribution in [0.2, 0.25) is 0 Å². The molecule has 0 radical (unpaired) electrons. The average Bonchev–Trinajstić information content (AvgIpc) is 2.96. The average molecular weight is 292 g/mol. The molecule has 0 spiro atoms. The quantitative estimate of drug-likeness (QED) is 0.785. The molecule has 0 saturated heterocycles. The van der Waals surface area contributed by atoms with Crippen molar-refractivity contribution in [3.63, 3.8) is 0 Å². The van der Waals surface area contributed by atoms with Crippen molar-refractivity contribution in [2.24, 2.45) is 0 Å². The molecule has 0 saturated carbocycles. The second-order valence-electron chi connectivity index (χ2n) is 5.14. The van der Waals surface area contributed by atoms with Gasteiger partial charge < -0.3 is 19.7 Å². The van der Waals surface area contributed by atoms with Crippen LogP contribution in [-0.4, -0.2) is 30.8 Å². The summed E-state index contributed by atoms with van der Waals surface area (Å²) in [5.41, 5.74) is 1.05. The maximum absolute atomic E-state index is 12.1. The Labute approximate surface area is 126 Å². The molecule has 2 amide bonds.